The second-order valence-electron chi connectivity index (χ2n) is 3.99. The lowest BCUT2D eigenvalue weighted by atomic mass is 10.4. The fraction of sp³-hybridized carbons (Fsp3) is 0.700. The third-order valence-electron chi connectivity index (χ3n) is 2.07. The van der Waals surface area contributed by atoms with E-state index in [9.17, 15) is 13.2 Å². The van der Waals surface area contributed by atoms with Crippen LogP contribution in [0, 0.1) is 0 Å². The zero-order valence-electron chi connectivity index (χ0n) is 9.88. The van der Waals surface area contributed by atoms with Gasteiger partial charge in [-0.25, -0.2) is 0 Å². The molecule has 0 atom stereocenters. The van der Waals surface area contributed by atoms with Crippen LogP contribution >= 0.6 is 0 Å². The number of hydrogen-bond acceptors (Lipinski definition) is 3. The maximum Gasteiger partial charge on any atom is 0.401 e. The summed E-state index contributed by atoms with van der Waals surface area (Å²) in [5, 5.41) is 9.46. The SMILES string of the molecule is CC(C)n1ccc(NCCNCC(F)(F)F)n1. The van der Waals surface area contributed by atoms with Crippen LogP contribution in [0.1, 0.15) is 19.9 Å². The van der Waals surface area contributed by atoms with Crippen LogP contribution in [0.5, 0.6) is 0 Å². The molecule has 0 fully saturated rings. The first-order valence-corrected chi connectivity index (χ1v) is 5.45. The Balaban J connectivity index is 2.18. The van der Waals surface area contributed by atoms with Crippen LogP contribution in [0.2, 0.25) is 0 Å². The molecule has 1 heterocycles. The van der Waals surface area contributed by atoms with E-state index >= 15 is 0 Å². The van der Waals surface area contributed by atoms with Crippen LogP contribution in [0.3, 0.4) is 0 Å². The van der Waals surface area contributed by atoms with E-state index < -0.39 is 12.7 Å². The third-order valence-corrected chi connectivity index (χ3v) is 2.07. The highest BCUT2D eigenvalue weighted by molar-refractivity contribution is 5.32. The van der Waals surface area contributed by atoms with Gasteiger partial charge < -0.3 is 10.6 Å². The smallest absolute Gasteiger partial charge is 0.367 e. The lowest BCUT2D eigenvalue weighted by Crippen LogP contribution is -2.32. The molecule has 0 aromatic carbocycles. The Labute approximate surface area is 98.2 Å². The number of alkyl halides is 3. The van der Waals surface area contributed by atoms with E-state index in [2.05, 4.69) is 15.7 Å². The summed E-state index contributed by atoms with van der Waals surface area (Å²) in [6.07, 6.45) is -2.32. The zero-order chi connectivity index (χ0) is 12.9. The van der Waals surface area contributed by atoms with Gasteiger partial charge in [0.25, 0.3) is 0 Å². The largest absolute Gasteiger partial charge is 0.401 e. The van der Waals surface area contributed by atoms with Crippen molar-refractivity contribution in [3.63, 3.8) is 0 Å². The van der Waals surface area contributed by atoms with Crippen molar-refractivity contribution in [2.75, 3.05) is 25.0 Å². The van der Waals surface area contributed by atoms with Crippen LogP contribution in [0.25, 0.3) is 0 Å². The normalized spacial score (nSPS) is 12.1. The van der Waals surface area contributed by atoms with Crippen molar-refractivity contribution < 1.29 is 13.2 Å². The molecule has 1 rings (SSSR count). The Kier molecular flexibility index (Phi) is 4.80. The Hall–Kier alpha value is -1.24. The molecule has 17 heavy (non-hydrogen) atoms. The highest BCUT2D eigenvalue weighted by Gasteiger charge is 2.25. The van der Waals surface area contributed by atoms with Gasteiger partial charge in [-0.2, -0.15) is 18.3 Å². The van der Waals surface area contributed by atoms with Crippen LogP contribution in [0.4, 0.5) is 19.0 Å². The second kappa shape index (κ2) is 5.90. The van der Waals surface area contributed by atoms with Crippen LogP contribution in [-0.4, -0.2) is 35.6 Å². The van der Waals surface area contributed by atoms with Gasteiger partial charge in [-0.1, -0.05) is 0 Å². The molecule has 0 aliphatic carbocycles. The summed E-state index contributed by atoms with van der Waals surface area (Å²) in [5.41, 5.74) is 0. The summed E-state index contributed by atoms with van der Waals surface area (Å²) in [5.74, 6) is 0.674. The van der Waals surface area contributed by atoms with E-state index in [0.717, 1.165) is 0 Å². The Morgan fingerprint density at radius 2 is 2.06 bits per heavy atom. The van der Waals surface area contributed by atoms with Crippen molar-refractivity contribution in [2.45, 2.75) is 26.1 Å². The van der Waals surface area contributed by atoms with Crippen molar-refractivity contribution in [2.24, 2.45) is 0 Å². The molecule has 0 amide bonds. The van der Waals surface area contributed by atoms with Crippen molar-refractivity contribution >= 4 is 5.82 Å². The number of halogens is 3. The van der Waals surface area contributed by atoms with E-state index in [1.807, 2.05) is 20.0 Å². The van der Waals surface area contributed by atoms with E-state index in [1.165, 1.54) is 0 Å². The molecule has 4 nitrogen and oxygen atoms in total. The number of nitrogens with one attached hydrogen (secondary N) is 2. The number of anilines is 1. The maximum atomic E-state index is 11.8. The maximum absolute atomic E-state index is 11.8. The van der Waals surface area contributed by atoms with Gasteiger partial charge in [-0.05, 0) is 13.8 Å². The minimum absolute atomic E-state index is 0.244. The quantitative estimate of drug-likeness (QED) is 0.759. The zero-order valence-corrected chi connectivity index (χ0v) is 9.88. The highest BCUT2D eigenvalue weighted by Crippen LogP contribution is 2.12. The monoisotopic (exact) mass is 250 g/mol. The fourth-order valence-electron chi connectivity index (χ4n) is 1.23. The number of nitrogens with zero attached hydrogens (tertiary/aromatic N) is 2. The molecule has 0 aliphatic rings. The van der Waals surface area contributed by atoms with Gasteiger partial charge >= 0.3 is 6.18 Å². The highest BCUT2D eigenvalue weighted by atomic mass is 19.4. The van der Waals surface area contributed by atoms with Crippen molar-refractivity contribution in [1.82, 2.24) is 15.1 Å². The number of aromatic nitrogens is 2. The van der Waals surface area contributed by atoms with Gasteiger partial charge in [-0.15, -0.1) is 0 Å². The molecule has 0 saturated carbocycles. The molecule has 0 saturated heterocycles. The molecule has 98 valence electrons. The first-order chi connectivity index (χ1) is 7.88. The summed E-state index contributed by atoms with van der Waals surface area (Å²) in [6, 6.07) is 2.07. The lowest BCUT2D eigenvalue weighted by Gasteiger charge is -2.08. The Morgan fingerprint density at radius 3 is 2.59 bits per heavy atom. The van der Waals surface area contributed by atoms with Crippen molar-refractivity contribution in [3.8, 4) is 0 Å². The van der Waals surface area contributed by atoms with E-state index in [-0.39, 0.29) is 12.6 Å². The van der Waals surface area contributed by atoms with Crippen LogP contribution in [-0.2, 0) is 0 Å². The fourth-order valence-corrected chi connectivity index (χ4v) is 1.23. The van der Waals surface area contributed by atoms with Gasteiger partial charge in [0.1, 0.15) is 5.82 Å². The van der Waals surface area contributed by atoms with Crippen molar-refractivity contribution in [3.05, 3.63) is 12.3 Å². The summed E-state index contributed by atoms with van der Waals surface area (Å²) in [4.78, 5) is 0. The summed E-state index contributed by atoms with van der Waals surface area (Å²) < 4.78 is 37.2. The Morgan fingerprint density at radius 1 is 1.35 bits per heavy atom. The molecule has 2 N–H and O–H groups in total. The second-order valence-corrected chi connectivity index (χ2v) is 3.99. The van der Waals surface area contributed by atoms with Crippen molar-refractivity contribution in [1.29, 1.82) is 0 Å². The molecular weight excluding hydrogens is 233 g/mol. The first kappa shape index (κ1) is 13.8. The van der Waals surface area contributed by atoms with E-state index in [4.69, 9.17) is 0 Å². The average Bonchev–Trinajstić information content (AvgIpc) is 2.64. The predicted molar refractivity (Wildman–Crippen MR) is 60.0 cm³/mol. The van der Waals surface area contributed by atoms with Gasteiger partial charge in [0.15, 0.2) is 0 Å². The minimum Gasteiger partial charge on any atom is -0.367 e. The minimum atomic E-state index is -4.15. The molecule has 7 heteroatoms. The third kappa shape index (κ3) is 5.58. The molecular formula is C10H17F3N4. The average molecular weight is 250 g/mol. The number of hydrogen-bond donors (Lipinski definition) is 2. The molecule has 0 radical (unpaired) electrons. The molecule has 0 aliphatic heterocycles. The summed E-state index contributed by atoms with van der Waals surface area (Å²) in [6.45, 7) is 3.69. The topological polar surface area (TPSA) is 41.9 Å². The molecule has 1 aromatic heterocycles. The number of rotatable bonds is 6. The van der Waals surface area contributed by atoms with E-state index in [0.29, 0.717) is 12.4 Å². The standard InChI is InChI=1S/C10H17F3N4/c1-8(2)17-6-3-9(16-17)15-5-4-14-7-10(11,12)13/h3,6,8,14H,4-5,7H2,1-2H3,(H,15,16). The van der Waals surface area contributed by atoms with Gasteiger partial charge in [0.2, 0.25) is 0 Å². The Bertz CT molecular complexity index is 333. The summed E-state index contributed by atoms with van der Waals surface area (Å²) >= 11 is 0. The van der Waals surface area contributed by atoms with E-state index in [1.54, 1.807) is 10.7 Å². The van der Waals surface area contributed by atoms with Gasteiger partial charge in [-0.3, -0.25) is 4.68 Å². The summed E-state index contributed by atoms with van der Waals surface area (Å²) in [7, 11) is 0. The molecule has 1 aromatic rings. The predicted octanol–water partition coefficient (Wildman–Crippen LogP) is 2.03. The van der Waals surface area contributed by atoms with Gasteiger partial charge in [0.05, 0.1) is 6.54 Å². The first-order valence-electron chi connectivity index (χ1n) is 5.45. The molecule has 0 unspecified atom stereocenters. The molecule has 0 bridgehead atoms. The lowest BCUT2D eigenvalue weighted by molar-refractivity contribution is -0.124. The molecule has 0 spiro atoms. The van der Waals surface area contributed by atoms with Crippen LogP contribution in [0.15, 0.2) is 12.3 Å². The van der Waals surface area contributed by atoms with Gasteiger partial charge in [0, 0.05) is 31.4 Å². The van der Waals surface area contributed by atoms with Crippen LogP contribution < -0.4 is 10.6 Å².